The third-order valence-corrected chi connectivity index (χ3v) is 5.97. The third-order valence-electron chi connectivity index (χ3n) is 4.29. The predicted octanol–water partition coefficient (Wildman–Crippen LogP) is 3.85. The lowest BCUT2D eigenvalue weighted by molar-refractivity contribution is -0.235. The lowest BCUT2D eigenvalue weighted by Crippen LogP contribution is -2.44. The summed E-state index contributed by atoms with van der Waals surface area (Å²) in [5, 5.41) is -0.324. The third kappa shape index (κ3) is 6.45. The van der Waals surface area contributed by atoms with E-state index in [1.165, 1.54) is 0 Å². The van der Waals surface area contributed by atoms with Gasteiger partial charge in [-0.25, -0.2) is 18.5 Å². The highest BCUT2D eigenvalue weighted by molar-refractivity contribution is 7.87. The minimum absolute atomic E-state index is 0.0964. The Morgan fingerprint density at radius 3 is 2.29 bits per heavy atom. The molecule has 2 rings (SSSR count). The monoisotopic (exact) mass is 531 g/mol. The number of nitrogens with zero attached hydrogens (tertiary/aromatic N) is 2. The molecular weight excluding hydrogens is 513 g/mol. The number of hydrogen-bond donors (Lipinski definition) is 1. The van der Waals surface area contributed by atoms with Crippen molar-refractivity contribution in [1.82, 2.24) is 14.0 Å². The van der Waals surface area contributed by atoms with Crippen molar-refractivity contribution in [2.75, 3.05) is 14.1 Å². The van der Waals surface area contributed by atoms with Crippen molar-refractivity contribution in [3.8, 4) is 11.6 Å². The average Bonchev–Trinajstić information content (AvgIpc) is 2.68. The molecule has 1 aromatic carbocycles. The number of carbonyl (C=O) groups excluding carboxylic acids is 1. The van der Waals surface area contributed by atoms with Gasteiger partial charge in [0.25, 0.3) is 5.91 Å². The van der Waals surface area contributed by atoms with E-state index < -0.39 is 57.6 Å². The maximum atomic E-state index is 14.4. The van der Waals surface area contributed by atoms with Gasteiger partial charge in [0.15, 0.2) is 5.60 Å². The normalized spacial score (nSPS) is 12.6. The van der Waals surface area contributed by atoms with Crippen LogP contribution in [0.4, 0.5) is 22.0 Å². The summed E-state index contributed by atoms with van der Waals surface area (Å²) in [4.78, 5) is 15.7. The van der Waals surface area contributed by atoms with Gasteiger partial charge in [0.2, 0.25) is 5.88 Å². The van der Waals surface area contributed by atoms with Crippen LogP contribution in [0.25, 0.3) is 0 Å². The van der Waals surface area contributed by atoms with Crippen LogP contribution in [-0.4, -0.2) is 49.5 Å². The molecule has 0 atom stereocenters. The first-order valence-electron chi connectivity index (χ1n) is 9.21. The number of hydrogen-bond acceptors (Lipinski definition) is 6. The molecule has 0 unspecified atom stereocenters. The Balaban J connectivity index is 2.15. The van der Waals surface area contributed by atoms with E-state index in [0.29, 0.717) is 16.4 Å². The quantitative estimate of drug-likeness (QED) is 0.520. The van der Waals surface area contributed by atoms with E-state index >= 15 is 0 Å². The Morgan fingerprint density at radius 2 is 1.76 bits per heavy atom. The van der Waals surface area contributed by atoms with Gasteiger partial charge in [-0.2, -0.15) is 25.9 Å². The molecule has 0 saturated carbocycles. The Kier molecular flexibility index (Phi) is 8.00. The molecule has 0 aliphatic carbocycles. The Bertz CT molecular complexity index is 1190. The molecule has 1 heterocycles. The summed E-state index contributed by atoms with van der Waals surface area (Å²) in [6, 6.07) is 2.19. The fourth-order valence-electron chi connectivity index (χ4n) is 2.16. The number of aromatic nitrogens is 1. The number of amides is 1. The summed E-state index contributed by atoms with van der Waals surface area (Å²) in [5.74, 6) is -4.30. The lowest BCUT2D eigenvalue weighted by Gasteiger charge is -2.28. The van der Waals surface area contributed by atoms with Crippen LogP contribution >= 0.6 is 11.6 Å². The highest BCUT2D eigenvalue weighted by atomic mass is 35.5. The molecule has 1 aromatic heterocycles. The summed E-state index contributed by atoms with van der Waals surface area (Å²) in [5.41, 5.74) is -3.78. The number of alkyl halides is 3. The number of ether oxygens (including phenoxy) is 2. The van der Waals surface area contributed by atoms with Crippen LogP contribution < -0.4 is 14.2 Å². The van der Waals surface area contributed by atoms with Gasteiger partial charge in [-0.1, -0.05) is 11.6 Å². The van der Waals surface area contributed by atoms with Crippen molar-refractivity contribution < 1.29 is 44.6 Å². The number of pyridine rings is 1. The summed E-state index contributed by atoms with van der Waals surface area (Å²) in [7, 11) is -1.97. The molecule has 0 bridgehead atoms. The van der Waals surface area contributed by atoms with Gasteiger partial charge in [0.05, 0.1) is 11.8 Å². The second kappa shape index (κ2) is 9.88. The highest BCUT2D eigenvalue weighted by Crippen LogP contribution is 2.36. The summed E-state index contributed by atoms with van der Waals surface area (Å²) in [6.45, 7) is 0.992. The number of carbonyl (C=O) groups is 1. The Labute approximate surface area is 196 Å². The summed E-state index contributed by atoms with van der Waals surface area (Å²) < 4.78 is 103. The molecule has 1 amide bonds. The largest absolute Gasteiger partial charge is 0.487 e. The topological polar surface area (TPSA) is 97.8 Å². The SMILES string of the molecule is CN(C)S(=O)(=O)NC(=O)c1cc(F)c(COc2cnc(OC(C)(C)C(F)(F)F)c(Cl)c2)cc1F. The fraction of sp³-hybridized carbons (Fsp3) is 0.368. The number of halogens is 6. The van der Waals surface area contributed by atoms with E-state index in [-0.39, 0.29) is 16.3 Å². The maximum absolute atomic E-state index is 14.4. The molecule has 2 aromatic rings. The van der Waals surface area contributed by atoms with Gasteiger partial charge in [-0.05, 0) is 26.0 Å². The minimum atomic E-state index is -4.70. The van der Waals surface area contributed by atoms with Crippen LogP contribution in [0.5, 0.6) is 11.6 Å². The van der Waals surface area contributed by atoms with Crippen molar-refractivity contribution in [1.29, 1.82) is 0 Å². The van der Waals surface area contributed by atoms with E-state index in [2.05, 4.69) is 4.98 Å². The Hall–Kier alpha value is -2.71. The zero-order valence-electron chi connectivity index (χ0n) is 18.1. The van der Waals surface area contributed by atoms with Crippen LogP contribution in [0, 0.1) is 11.6 Å². The molecule has 15 heteroatoms. The van der Waals surface area contributed by atoms with Crippen molar-refractivity contribution in [2.24, 2.45) is 0 Å². The van der Waals surface area contributed by atoms with Crippen molar-refractivity contribution in [3.63, 3.8) is 0 Å². The van der Waals surface area contributed by atoms with E-state index in [1.807, 2.05) is 0 Å². The van der Waals surface area contributed by atoms with E-state index in [0.717, 1.165) is 40.2 Å². The molecule has 0 fully saturated rings. The molecule has 34 heavy (non-hydrogen) atoms. The predicted molar refractivity (Wildman–Crippen MR) is 111 cm³/mol. The minimum Gasteiger partial charge on any atom is -0.487 e. The van der Waals surface area contributed by atoms with E-state index in [9.17, 15) is 35.2 Å². The molecule has 0 saturated heterocycles. The first-order valence-corrected chi connectivity index (χ1v) is 11.0. The standard InChI is InChI=1S/C19H19ClF5N3O5S/c1-18(2,19(23,24)25)33-17-13(20)6-11(8-26-17)32-9-10-5-15(22)12(7-14(10)21)16(29)27-34(30,31)28(3)4/h5-8H,9H2,1-4H3,(H,27,29). The number of rotatable bonds is 8. The summed E-state index contributed by atoms with van der Waals surface area (Å²) in [6.07, 6.45) is -3.73. The number of benzene rings is 1. The first-order chi connectivity index (χ1) is 15.4. The number of nitrogens with one attached hydrogen (secondary N) is 1. The second-order valence-corrected chi connectivity index (χ2v) is 9.79. The van der Waals surface area contributed by atoms with Crippen molar-refractivity contribution in [3.05, 3.63) is 52.2 Å². The lowest BCUT2D eigenvalue weighted by atomic mass is 10.1. The van der Waals surface area contributed by atoms with Gasteiger partial charge < -0.3 is 9.47 Å². The van der Waals surface area contributed by atoms with Crippen LogP contribution in [0.15, 0.2) is 24.4 Å². The van der Waals surface area contributed by atoms with E-state index in [4.69, 9.17) is 21.1 Å². The molecule has 0 spiro atoms. The molecule has 8 nitrogen and oxygen atoms in total. The molecule has 0 aliphatic rings. The molecule has 0 aliphatic heterocycles. The average molecular weight is 532 g/mol. The summed E-state index contributed by atoms with van der Waals surface area (Å²) >= 11 is 5.89. The van der Waals surface area contributed by atoms with Crippen LogP contribution in [0.2, 0.25) is 5.02 Å². The van der Waals surface area contributed by atoms with Gasteiger partial charge in [0.1, 0.15) is 29.0 Å². The maximum Gasteiger partial charge on any atom is 0.427 e. The fourth-order valence-corrected chi connectivity index (χ4v) is 2.88. The zero-order valence-corrected chi connectivity index (χ0v) is 19.7. The van der Waals surface area contributed by atoms with E-state index in [1.54, 1.807) is 4.72 Å². The van der Waals surface area contributed by atoms with Crippen LogP contribution in [0.1, 0.15) is 29.8 Å². The van der Waals surface area contributed by atoms with Crippen LogP contribution in [-0.2, 0) is 16.8 Å². The van der Waals surface area contributed by atoms with Gasteiger partial charge >= 0.3 is 16.4 Å². The van der Waals surface area contributed by atoms with Gasteiger partial charge in [-0.3, -0.25) is 4.79 Å². The highest BCUT2D eigenvalue weighted by Gasteiger charge is 2.50. The molecule has 1 N–H and O–H groups in total. The van der Waals surface area contributed by atoms with Crippen LogP contribution in [0.3, 0.4) is 0 Å². The van der Waals surface area contributed by atoms with Gasteiger partial charge in [0, 0.05) is 25.7 Å². The zero-order chi connectivity index (χ0) is 26.1. The van der Waals surface area contributed by atoms with Gasteiger partial charge in [-0.15, -0.1) is 0 Å². The first kappa shape index (κ1) is 27.5. The van der Waals surface area contributed by atoms with Crippen molar-refractivity contribution in [2.45, 2.75) is 32.2 Å². The Morgan fingerprint density at radius 1 is 1.15 bits per heavy atom. The molecular formula is C19H19ClF5N3O5S. The second-order valence-electron chi connectivity index (χ2n) is 7.50. The molecule has 0 radical (unpaired) electrons. The van der Waals surface area contributed by atoms with Crippen molar-refractivity contribution >= 4 is 27.7 Å². The smallest absolute Gasteiger partial charge is 0.427 e. The molecule has 188 valence electrons.